The molecule has 0 saturated carbocycles. The normalized spacial score (nSPS) is 22.9. The molecule has 2 aliphatic heterocycles. The van der Waals surface area contributed by atoms with Gasteiger partial charge in [-0.3, -0.25) is 4.79 Å². The molecule has 5 heteroatoms. The van der Waals surface area contributed by atoms with E-state index in [0.29, 0.717) is 5.57 Å². The smallest absolute Gasteiger partial charge is 0.338 e. The van der Waals surface area contributed by atoms with E-state index in [1.54, 1.807) is 6.08 Å². The zero-order valence-electron chi connectivity index (χ0n) is 14.2. The maximum atomic E-state index is 12.4. The number of carbonyl (C=O) groups excluding carboxylic acids is 2. The van der Waals surface area contributed by atoms with Crippen LogP contribution in [0.25, 0.3) is 6.08 Å². The lowest BCUT2D eigenvalue weighted by Crippen LogP contribution is -2.49. The maximum absolute atomic E-state index is 12.4. The van der Waals surface area contributed by atoms with Gasteiger partial charge in [0.25, 0.3) is 5.91 Å². The first-order valence-corrected chi connectivity index (χ1v) is 8.47. The van der Waals surface area contributed by atoms with Gasteiger partial charge in [-0.1, -0.05) is 18.2 Å². The van der Waals surface area contributed by atoms with Crippen molar-refractivity contribution in [3.63, 3.8) is 0 Å². The fourth-order valence-corrected chi connectivity index (χ4v) is 3.44. The highest BCUT2D eigenvalue weighted by molar-refractivity contribution is 5.96. The van der Waals surface area contributed by atoms with Gasteiger partial charge in [0, 0.05) is 17.6 Å². The van der Waals surface area contributed by atoms with Crippen LogP contribution in [0.4, 0.5) is 0 Å². The van der Waals surface area contributed by atoms with Gasteiger partial charge >= 0.3 is 5.97 Å². The zero-order valence-corrected chi connectivity index (χ0v) is 14.2. The van der Waals surface area contributed by atoms with Crippen molar-refractivity contribution in [1.29, 1.82) is 0 Å². The van der Waals surface area contributed by atoms with Crippen LogP contribution in [0, 0.1) is 0 Å². The number of amides is 1. The minimum absolute atomic E-state index is 0.124. The summed E-state index contributed by atoms with van der Waals surface area (Å²) in [5.41, 5.74) is 1.28. The molecule has 0 N–H and O–H groups in total. The number of nitrogens with zero attached hydrogens (tertiary/aromatic N) is 1. The molecule has 2 heterocycles. The molecular formula is C19H23NO4. The first-order valence-electron chi connectivity index (χ1n) is 8.47. The summed E-state index contributed by atoms with van der Waals surface area (Å²) in [5, 5.41) is 0. The molecule has 1 amide bonds. The van der Waals surface area contributed by atoms with E-state index in [0.717, 1.165) is 30.6 Å². The van der Waals surface area contributed by atoms with Gasteiger partial charge in [-0.25, -0.2) is 4.79 Å². The molecule has 0 unspecified atom stereocenters. The van der Waals surface area contributed by atoms with Crippen LogP contribution in [-0.4, -0.2) is 42.1 Å². The molecule has 0 aromatic heterocycles. The molecule has 0 radical (unpaired) electrons. The van der Waals surface area contributed by atoms with E-state index >= 15 is 0 Å². The summed E-state index contributed by atoms with van der Waals surface area (Å²) >= 11 is 0. The van der Waals surface area contributed by atoms with Crippen molar-refractivity contribution in [3.8, 4) is 5.75 Å². The third kappa shape index (κ3) is 3.45. The van der Waals surface area contributed by atoms with Crippen molar-refractivity contribution in [2.75, 3.05) is 13.2 Å². The Hall–Kier alpha value is -2.30. The third-order valence-corrected chi connectivity index (χ3v) is 4.70. The topological polar surface area (TPSA) is 55.8 Å². The Morgan fingerprint density at radius 3 is 2.67 bits per heavy atom. The van der Waals surface area contributed by atoms with E-state index in [1.807, 2.05) is 43.0 Å². The van der Waals surface area contributed by atoms with Crippen LogP contribution in [0.1, 0.15) is 38.7 Å². The second kappa shape index (κ2) is 7.07. The number of ether oxygens (including phenoxy) is 2. The number of carbonyl (C=O) groups is 2. The van der Waals surface area contributed by atoms with Gasteiger partial charge in [-0.05, 0) is 45.3 Å². The SMILES string of the molecule is C[C@@H]1CCC[C@@H](C)N1C(=O)COC(=O)C1=Cc2ccccc2OC1. The van der Waals surface area contributed by atoms with Gasteiger partial charge in [0.05, 0.1) is 5.57 Å². The summed E-state index contributed by atoms with van der Waals surface area (Å²) < 4.78 is 10.8. The fraction of sp³-hybridized carbons (Fsp3) is 0.474. The quantitative estimate of drug-likeness (QED) is 0.800. The van der Waals surface area contributed by atoms with Gasteiger partial charge in [0.1, 0.15) is 12.4 Å². The van der Waals surface area contributed by atoms with Crippen LogP contribution in [0.2, 0.25) is 0 Å². The number of hydrogen-bond donors (Lipinski definition) is 0. The average Bonchev–Trinajstić information content (AvgIpc) is 2.59. The number of likely N-dealkylation sites (tertiary alicyclic amines) is 1. The minimum Gasteiger partial charge on any atom is -0.488 e. The molecule has 2 aliphatic rings. The lowest BCUT2D eigenvalue weighted by molar-refractivity contribution is -0.152. The van der Waals surface area contributed by atoms with Crippen LogP contribution in [-0.2, 0) is 14.3 Å². The molecule has 5 nitrogen and oxygen atoms in total. The Balaban J connectivity index is 1.60. The Bertz CT molecular complexity index is 657. The number of fused-ring (bicyclic) bond motifs is 1. The summed E-state index contributed by atoms with van der Waals surface area (Å²) in [6.07, 6.45) is 4.90. The molecule has 1 aromatic rings. The molecule has 0 bridgehead atoms. The predicted octanol–water partition coefficient (Wildman–Crippen LogP) is 2.80. The highest BCUT2D eigenvalue weighted by Gasteiger charge is 2.29. The molecule has 1 fully saturated rings. The molecule has 128 valence electrons. The maximum Gasteiger partial charge on any atom is 0.338 e. The molecule has 0 spiro atoms. The van der Waals surface area contributed by atoms with Gasteiger partial charge in [0.15, 0.2) is 6.61 Å². The van der Waals surface area contributed by atoms with Crippen LogP contribution in [0.5, 0.6) is 5.75 Å². The van der Waals surface area contributed by atoms with Crippen molar-refractivity contribution in [2.24, 2.45) is 0 Å². The second-order valence-corrected chi connectivity index (χ2v) is 6.50. The number of benzene rings is 1. The fourth-order valence-electron chi connectivity index (χ4n) is 3.44. The molecule has 1 saturated heterocycles. The largest absolute Gasteiger partial charge is 0.488 e. The lowest BCUT2D eigenvalue weighted by atomic mass is 9.97. The number of rotatable bonds is 3. The standard InChI is InChI=1S/C19H23NO4/c1-13-6-5-7-14(2)20(13)18(21)12-24-19(22)16-10-15-8-3-4-9-17(15)23-11-16/h3-4,8-10,13-14H,5-7,11-12H2,1-2H3/t13-,14-/m1/s1. The van der Waals surface area contributed by atoms with Gasteiger partial charge in [-0.2, -0.15) is 0 Å². The highest BCUT2D eigenvalue weighted by Crippen LogP contribution is 2.26. The van der Waals surface area contributed by atoms with E-state index < -0.39 is 5.97 Å². The van der Waals surface area contributed by atoms with Crippen molar-refractivity contribution >= 4 is 18.0 Å². The molecule has 24 heavy (non-hydrogen) atoms. The van der Waals surface area contributed by atoms with Crippen LogP contribution in [0.3, 0.4) is 0 Å². The summed E-state index contributed by atoms with van der Waals surface area (Å²) in [6, 6.07) is 7.90. The van der Waals surface area contributed by atoms with Gasteiger partial charge in [-0.15, -0.1) is 0 Å². The zero-order chi connectivity index (χ0) is 17.1. The van der Waals surface area contributed by atoms with Gasteiger partial charge < -0.3 is 14.4 Å². The van der Waals surface area contributed by atoms with Crippen LogP contribution < -0.4 is 4.74 Å². The Morgan fingerprint density at radius 2 is 1.92 bits per heavy atom. The van der Waals surface area contributed by atoms with E-state index in [-0.39, 0.29) is 31.2 Å². The first kappa shape index (κ1) is 16.6. The number of piperidine rings is 1. The monoisotopic (exact) mass is 329 g/mol. The van der Waals surface area contributed by atoms with E-state index in [4.69, 9.17) is 9.47 Å². The predicted molar refractivity (Wildman–Crippen MR) is 90.5 cm³/mol. The lowest BCUT2D eigenvalue weighted by Gasteiger charge is -2.38. The van der Waals surface area contributed by atoms with Crippen molar-refractivity contribution in [2.45, 2.75) is 45.2 Å². The van der Waals surface area contributed by atoms with Crippen molar-refractivity contribution in [3.05, 3.63) is 35.4 Å². The summed E-state index contributed by atoms with van der Waals surface area (Å²) in [4.78, 5) is 26.5. The van der Waals surface area contributed by atoms with E-state index in [2.05, 4.69) is 0 Å². The Morgan fingerprint density at radius 1 is 1.21 bits per heavy atom. The highest BCUT2D eigenvalue weighted by atomic mass is 16.5. The molecule has 1 aromatic carbocycles. The van der Waals surface area contributed by atoms with Crippen LogP contribution >= 0.6 is 0 Å². The minimum atomic E-state index is -0.491. The van der Waals surface area contributed by atoms with E-state index in [9.17, 15) is 9.59 Å². The molecule has 3 rings (SSSR count). The average molecular weight is 329 g/mol. The van der Waals surface area contributed by atoms with Gasteiger partial charge in [0.2, 0.25) is 0 Å². The number of para-hydroxylation sites is 1. The summed E-state index contributed by atoms with van der Waals surface area (Å²) in [7, 11) is 0. The Labute approximate surface area is 142 Å². The summed E-state index contributed by atoms with van der Waals surface area (Å²) in [6.45, 7) is 4.04. The van der Waals surface area contributed by atoms with Crippen molar-refractivity contribution in [1.82, 2.24) is 4.90 Å². The molecule has 0 aliphatic carbocycles. The van der Waals surface area contributed by atoms with Crippen molar-refractivity contribution < 1.29 is 19.1 Å². The van der Waals surface area contributed by atoms with E-state index in [1.165, 1.54) is 0 Å². The first-order chi connectivity index (χ1) is 11.6. The van der Waals surface area contributed by atoms with Crippen LogP contribution in [0.15, 0.2) is 29.8 Å². The number of esters is 1. The summed E-state index contributed by atoms with van der Waals surface area (Å²) in [5.74, 6) is 0.136. The molecular weight excluding hydrogens is 306 g/mol. The third-order valence-electron chi connectivity index (χ3n) is 4.70. The number of hydrogen-bond acceptors (Lipinski definition) is 4. The molecule has 2 atom stereocenters. The second-order valence-electron chi connectivity index (χ2n) is 6.50. The Kier molecular flexibility index (Phi) is 4.88.